The second-order valence-corrected chi connectivity index (χ2v) is 5.39. The molecule has 0 unspecified atom stereocenters. The molecule has 0 radical (unpaired) electrons. The van der Waals surface area contributed by atoms with E-state index in [9.17, 15) is 25.2 Å². The molecular weight excluding hydrogens is 336 g/mol. The molecule has 1 aliphatic heterocycles. The van der Waals surface area contributed by atoms with Gasteiger partial charge in [0.2, 0.25) is 6.29 Å². The van der Waals surface area contributed by atoms with Gasteiger partial charge in [0.1, 0.15) is 35.9 Å². The summed E-state index contributed by atoms with van der Waals surface area (Å²) in [4.78, 5) is 10.7. The van der Waals surface area contributed by atoms with E-state index in [1.54, 1.807) is 6.07 Å². The smallest absolute Gasteiger partial charge is 0.328 e. The third kappa shape index (κ3) is 4.47. The Morgan fingerprint density at radius 3 is 2.56 bits per heavy atom. The van der Waals surface area contributed by atoms with Gasteiger partial charge in [-0.25, -0.2) is 4.79 Å². The van der Waals surface area contributed by atoms with Crippen LogP contribution in [0.3, 0.4) is 0 Å². The molecule has 1 heterocycles. The summed E-state index contributed by atoms with van der Waals surface area (Å²) in [5.74, 6) is -0.622. The van der Waals surface area contributed by atoms with Crippen molar-refractivity contribution in [3.05, 3.63) is 29.8 Å². The molecule has 1 aromatic carbocycles. The summed E-state index contributed by atoms with van der Waals surface area (Å²) in [6.07, 6.45) is -4.99. The van der Waals surface area contributed by atoms with Crippen LogP contribution in [0, 0.1) is 0 Å². The molecule has 0 aromatic heterocycles. The number of aliphatic hydroxyl groups is 4. The minimum Gasteiger partial charge on any atom is -0.497 e. The van der Waals surface area contributed by atoms with E-state index in [0.717, 1.165) is 6.08 Å². The average molecular weight is 356 g/mol. The summed E-state index contributed by atoms with van der Waals surface area (Å²) in [6, 6.07) is 4.57. The number of methoxy groups -OCH3 is 1. The second kappa shape index (κ2) is 8.28. The molecule has 2 rings (SSSR count). The van der Waals surface area contributed by atoms with Crippen LogP contribution in [0.2, 0.25) is 0 Å². The molecule has 138 valence electrons. The third-order valence-electron chi connectivity index (χ3n) is 3.72. The SMILES string of the molecule is COc1ccc(/C=C\C(=O)O)c(O[C@@H]2O[C@H](CO)[C@@H](O)[C@H](O)[C@H]2O)c1. The van der Waals surface area contributed by atoms with Gasteiger partial charge >= 0.3 is 5.97 Å². The summed E-state index contributed by atoms with van der Waals surface area (Å²) in [7, 11) is 1.43. The van der Waals surface area contributed by atoms with E-state index in [0.29, 0.717) is 11.3 Å². The van der Waals surface area contributed by atoms with Gasteiger partial charge in [0, 0.05) is 17.7 Å². The van der Waals surface area contributed by atoms with Gasteiger partial charge in [-0.3, -0.25) is 0 Å². The summed E-state index contributed by atoms with van der Waals surface area (Å²) in [6.45, 7) is -0.589. The number of aliphatic hydroxyl groups excluding tert-OH is 4. The molecule has 0 amide bonds. The average Bonchev–Trinajstić information content (AvgIpc) is 2.60. The molecule has 1 saturated heterocycles. The van der Waals surface area contributed by atoms with Crippen molar-refractivity contribution in [3.8, 4) is 11.5 Å². The standard InChI is InChI=1S/C16H20O9/c1-23-9-4-2-8(3-5-12(18)19)10(6-9)24-16-15(22)14(21)13(20)11(7-17)25-16/h2-6,11,13-17,20-22H,7H2,1H3,(H,18,19)/b5-3-/t11-,13-,14+,15-,16-/m1/s1. The van der Waals surface area contributed by atoms with Crippen molar-refractivity contribution in [2.45, 2.75) is 30.7 Å². The largest absolute Gasteiger partial charge is 0.497 e. The van der Waals surface area contributed by atoms with Crippen LogP contribution < -0.4 is 9.47 Å². The number of hydrogen-bond acceptors (Lipinski definition) is 8. The predicted octanol–water partition coefficient (Wildman–Crippen LogP) is -1.03. The summed E-state index contributed by atoms with van der Waals surface area (Å²) in [5.41, 5.74) is 0.361. The molecule has 1 aliphatic rings. The molecule has 0 spiro atoms. The molecule has 1 fully saturated rings. The van der Waals surface area contributed by atoms with Gasteiger partial charge in [-0.2, -0.15) is 0 Å². The summed E-state index contributed by atoms with van der Waals surface area (Å²) >= 11 is 0. The van der Waals surface area contributed by atoms with Crippen LogP contribution in [0.15, 0.2) is 24.3 Å². The fourth-order valence-electron chi connectivity index (χ4n) is 2.33. The van der Waals surface area contributed by atoms with Crippen LogP contribution in [0.4, 0.5) is 0 Å². The lowest BCUT2D eigenvalue weighted by Gasteiger charge is -2.39. The van der Waals surface area contributed by atoms with E-state index in [1.165, 1.54) is 25.3 Å². The Kier molecular flexibility index (Phi) is 6.34. The first kappa shape index (κ1) is 19.2. The fourth-order valence-corrected chi connectivity index (χ4v) is 2.33. The minimum absolute atomic E-state index is 0.126. The Hall–Kier alpha value is -2.17. The van der Waals surface area contributed by atoms with E-state index in [2.05, 4.69) is 0 Å². The molecule has 5 atom stereocenters. The van der Waals surface area contributed by atoms with Crippen molar-refractivity contribution < 1.29 is 44.5 Å². The number of carboxylic acid groups (broad SMARTS) is 1. The zero-order chi connectivity index (χ0) is 18.6. The van der Waals surface area contributed by atoms with Crippen molar-refractivity contribution >= 4 is 12.0 Å². The van der Waals surface area contributed by atoms with Gasteiger partial charge in [-0.15, -0.1) is 0 Å². The highest BCUT2D eigenvalue weighted by molar-refractivity contribution is 5.86. The van der Waals surface area contributed by atoms with E-state index in [1.807, 2.05) is 0 Å². The van der Waals surface area contributed by atoms with Crippen LogP contribution in [0.25, 0.3) is 6.08 Å². The zero-order valence-electron chi connectivity index (χ0n) is 13.3. The Labute approximate surface area is 143 Å². The van der Waals surface area contributed by atoms with E-state index < -0.39 is 43.3 Å². The number of aliphatic carboxylic acids is 1. The molecule has 25 heavy (non-hydrogen) atoms. The number of benzene rings is 1. The molecule has 9 heteroatoms. The normalized spacial score (nSPS) is 29.6. The first-order valence-electron chi connectivity index (χ1n) is 7.43. The lowest BCUT2D eigenvalue weighted by Crippen LogP contribution is -2.60. The highest BCUT2D eigenvalue weighted by Crippen LogP contribution is 2.30. The third-order valence-corrected chi connectivity index (χ3v) is 3.72. The van der Waals surface area contributed by atoms with Crippen molar-refractivity contribution in [2.75, 3.05) is 13.7 Å². The maximum Gasteiger partial charge on any atom is 0.328 e. The summed E-state index contributed by atoms with van der Waals surface area (Å²) < 4.78 is 15.9. The van der Waals surface area contributed by atoms with Gasteiger partial charge in [0.05, 0.1) is 13.7 Å². The second-order valence-electron chi connectivity index (χ2n) is 5.39. The van der Waals surface area contributed by atoms with Crippen LogP contribution >= 0.6 is 0 Å². The number of ether oxygens (including phenoxy) is 3. The van der Waals surface area contributed by atoms with Crippen LogP contribution in [0.5, 0.6) is 11.5 Å². The maximum absolute atomic E-state index is 10.7. The molecule has 9 nitrogen and oxygen atoms in total. The lowest BCUT2D eigenvalue weighted by molar-refractivity contribution is -0.277. The number of carbonyl (C=O) groups is 1. The Morgan fingerprint density at radius 2 is 1.96 bits per heavy atom. The Morgan fingerprint density at radius 1 is 1.24 bits per heavy atom. The van der Waals surface area contributed by atoms with Gasteiger partial charge in [-0.1, -0.05) is 0 Å². The van der Waals surface area contributed by atoms with Gasteiger partial charge < -0.3 is 39.7 Å². The first-order chi connectivity index (χ1) is 11.9. The van der Waals surface area contributed by atoms with Gasteiger partial charge in [-0.05, 0) is 18.2 Å². The first-order valence-corrected chi connectivity index (χ1v) is 7.43. The van der Waals surface area contributed by atoms with Crippen LogP contribution in [-0.2, 0) is 9.53 Å². The highest BCUT2D eigenvalue weighted by Gasteiger charge is 2.44. The van der Waals surface area contributed by atoms with Crippen LogP contribution in [0.1, 0.15) is 5.56 Å². The van der Waals surface area contributed by atoms with E-state index >= 15 is 0 Å². The van der Waals surface area contributed by atoms with Crippen molar-refractivity contribution in [3.63, 3.8) is 0 Å². The molecule has 0 saturated carbocycles. The maximum atomic E-state index is 10.7. The molecule has 5 N–H and O–H groups in total. The fraction of sp³-hybridized carbons (Fsp3) is 0.438. The Bertz CT molecular complexity index is 628. The molecular formula is C16H20O9. The van der Waals surface area contributed by atoms with E-state index in [4.69, 9.17) is 19.3 Å². The molecule has 0 bridgehead atoms. The van der Waals surface area contributed by atoms with E-state index in [-0.39, 0.29) is 5.75 Å². The quantitative estimate of drug-likeness (QED) is 0.404. The van der Waals surface area contributed by atoms with Gasteiger partial charge in [0.15, 0.2) is 0 Å². The zero-order valence-corrected chi connectivity index (χ0v) is 13.3. The minimum atomic E-state index is -1.58. The Balaban J connectivity index is 2.29. The predicted molar refractivity (Wildman–Crippen MR) is 84.1 cm³/mol. The van der Waals surface area contributed by atoms with Gasteiger partial charge in [0.25, 0.3) is 0 Å². The lowest BCUT2D eigenvalue weighted by atomic mass is 9.99. The number of carboxylic acids is 1. The topological polar surface area (TPSA) is 146 Å². The van der Waals surface area contributed by atoms with Crippen LogP contribution in [-0.4, -0.2) is 75.9 Å². The van der Waals surface area contributed by atoms with Crippen molar-refractivity contribution in [1.29, 1.82) is 0 Å². The molecule has 1 aromatic rings. The number of rotatable bonds is 6. The number of hydrogen-bond donors (Lipinski definition) is 5. The monoisotopic (exact) mass is 356 g/mol. The summed E-state index contributed by atoms with van der Waals surface area (Å²) in [5, 5.41) is 47.6. The highest BCUT2D eigenvalue weighted by atomic mass is 16.7. The van der Waals surface area contributed by atoms with Crippen molar-refractivity contribution in [2.24, 2.45) is 0 Å². The van der Waals surface area contributed by atoms with Crippen molar-refractivity contribution in [1.82, 2.24) is 0 Å². The molecule has 0 aliphatic carbocycles.